The number of carbonyl (C=O) groups is 2. The van der Waals surface area contributed by atoms with Crippen molar-refractivity contribution in [2.45, 2.75) is 39.2 Å². The minimum atomic E-state index is -0.455. The number of methoxy groups -OCH3 is 1. The minimum Gasteiger partial charge on any atom is -0.469 e. The summed E-state index contributed by atoms with van der Waals surface area (Å²) in [7, 11) is 3.07. The summed E-state index contributed by atoms with van der Waals surface area (Å²) in [6, 6.07) is -0.455. The van der Waals surface area contributed by atoms with Crippen LogP contribution in [0.25, 0.3) is 0 Å². The first-order valence-corrected chi connectivity index (χ1v) is 6.01. The van der Waals surface area contributed by atoms with Gasteiger partial charge >= 0.3 is 5.97 Å². The summed E-state index contributed by atoms with van der Waals surface area (Å²) in [5.41, 5.74) is 5.85. The van der Waals surface area contributed by atoms with E-state index >= 15 is 0 Å². The Bertz CT molecular complexity index is 262. The van der Waals surface area contributed by atoms with E-state index in [1.807, 2.05) is 13.8 Å². The molecule has 0 aliphatic carbocycles. The minimum absolute atomic E-state index is 0. The van der Waals surface area contributed by atoms with Crippen LogP contribution in [-0.4, -0.2) is 43.5 Å². The van der Waals surface area contributed by atoms with Crippen molar-refractivity contribution in [1.29, 1.82) is 0 Å². The molecule has 108 valence electrons. The number of amides is 1. The number of rotatable bonds is 7. The van der Waals surface area contributed by atoms with Gasteiger partial charge in [0.2, 0.25) is 5.91 Å². The molecule has 0 fully saturated rings. The smallest absolute Gasteiger partial charge is 0.305 e. The zero-order valence-corrected chi connectivity index (χ0v) is 12.5. The third-order valence-electron chi connectivity index (χ3n) is 3.02. The summed E-state index contributed by atoms with van der Waals surface area (Å²) in [4.78, 5) is 24.4. The molecule has 0 saturated heterocycles. The molecule has 0 heterocycles. The van der Waals surface area contributed by atoms with Gasteiger partial charge in [-0.05, 0) is 12.3 Å². The van der Waals surface area contributed by atoms with Crippen LogP contribution in [0.15, 0.2) is 0 Å². The Hall–Kier alpha value is -0.810. The van der Waals surface area contributed by atoms with Crippen LogP contribution in [0.4, 0.5) is 0 Å². The molecule has 2 unspecified atom stereocenters. The number of carbonyl (C=O) groups excluding carboxylic acids is 2. The van der Waals surface area contributed by atoms with Crippen molar-refractivity contribution >= 4 is 24.3 Å². The predicted octanol–water partition coefficient (Wildman–Crippen LogP) is 1.19. The van der Waals surface area contributed by atoms with Crippen molar-refractivity contribution in [2.24, 2.45) is 11.7 Å². The van der Waals surface area contributed by atoms with Gasteiger partial charge in [0.1, 0.15) is 0 Å². The fraction of sp³-hybridized carbons (Fsp3) is 0.833. The van der Waals surface area contributed by atoms with Gasteiger partial charge in [-0.3, -0.25) is 9.59 Å². The van der Waals surface area contributed by atoms with E-state index < -0.39 is 6.04 Å². The molecule has 0 saturated carbocycles. The van der Waals surface area contributed by atoms with E-state index in [-0.39, 0.29) is 30.2 Å². The van der Waals surface area contributed by atoms with Gasteiger partial charge in [0.15, 0.2) is 0 Å². The Morgan fingerprint density at radius 2 is 1.94 bits per heavy atom. The fourth-order valence-electron chi connectivity index (χ4n) is 1.42. The molecule has 0 radical (unpaired) electrons. The van der Waals surface area contributed by atoms with E-state index in [4.69, 9.17) is 5.73 Å². The first-order chi connectivity index (χ1) is 7.93. The lowest BCUT2D eigenvalue weighted by molar-refractivity contribution is -0.141. The molecule has 6 heteroatoms. The highest BCUT2D eigenvalue weighted by Gasteiger charge is 2.22. The summed E-state index contributed by atoms with van der Waals surface area (Å²) in [6.45, 7) is 4.50. The van der Waals surface area contributed by atoms with Crippen LogP contribution < -0.4 is 5.73 Å². The van der Waals surface area contributed by atoms with Crippen LogP contribution >= 0.6 is 12.4 Å². The normalized spacial score (nSPS) is 13.2. The van der Waals surface area contributed by atoms with Gasteiger partial charge < -0.3 is 15.4 Å². The van der Waals surface area contributed by atoms with Crippen molar-refractivity contribution in [3.8, 4) is 0 Å². The topological polar surface area (TPSA) is 72.6 Å². The molecular weight excluding hydrogens is 256 g/mol. The summed E-state index contributed by atoms with van der Waals surface area (Å²) in [5, 5.41) is 0. The molecule has 0 rings (SSSR count). The first kappa shape index (κ1) is 19.5. The molecule has 0 bridgehead atoms. The number of esters is 1. The molecule has 5 nitrogen and oxygen atoms in total. The number of nitrogens with two attached hydrogens (primary N) is 1. The maximum atomic E-state index is 11.9. The van der Waals surface area contributed by atoms with Crippen molar-refractivity contribution in [3.63, 3.8) is 0 Å². The molecule has 1 amide bonds. The fourth-order valence-corrected chi connectivity index (χ4v) is 1.42. The number of hydrogen-bond donors (Lipinski definition) is 1. The number of hydrogen-bond acceptors (Lipinski definition) is 4. The Morgan fingerprint density at radius 1 is 1.39 bits per heavy atom. The molecule has 2 N–H and O–H groups in total. The highest BCUT2D eigenvalue weighted by molar-refractivity contribution is 5.85. The number of halogens is 1. The Morgan fingerprint density at radius 3 is 2.39 bits per heavy atom. The largest absolute Gasteiger partial charge is 0.469 e. The first-order valence-electron chi connectivity index (χ1n) is 6.01. The molecule has 0 aliphatic rings. The van der Waals surface area contributed by atoms with Crippen molar-refractivity contribution in [1.82, 2.24) is 4.90 Å². The van der Waals surface area contributed by atoms with E-state index in [1.165, 1.54) is 7.11 Å². The van der Waals surface area contributed by atoms with Gasteiger partial charge in [0.25, 0.3) is 0 Å². The van der Waals surface area contributed by atoms with Gasteiger partial charge in [-0.1, -0.05) is 20.3 Å². The van der Waals surface area contributed by atoms with E-state index in [9.17, 15) is 9.59 Å². The maximum Gasteiger partial charge on any atom is 0.305 e. The Labute approximate surface area is 115 Å². The molecule has 0 aromatic rings. The SMILES string of the molecule is CCC(C)C(N)C(=O)N(C)CCCC(=O)OC.Cl. The zero-order valence-electron chi connectivity index (χ0n) is 11.6. The molecule has 0 spiro atoms. The van der Waals surface area contributed by atoms with Crippen LogP contribution in [0.2, 0.25) is 0 Å². The molecule has 0 aromatic heterocycles. The lowest BCUT2D eigenvalue weighted by Crippen LogP contribution is -2.45. The molecule has 2 atom stereocenters. The summed E-state index contributed by atoms with van der Waals surface area (Å²) in [6.07, 6.45) is 1.80. The van der Waals surface area contributed by atoms with E-state index in [2.05, 4.69) is 4.74 Å². The quantitative estimate of drug-likeness (QED) is 0.711. The third-order valence-corrected chi connectivity index (χ3v) is 3.02. The summed E-state index contributed by atoms with van der Waals surface area (Å²) >= 11 is 0. The zero-order chi connectivity index (χ0) is 13.4. The predicted molar refractivity (Wildman–Crippen MR) is 73.6 cm³/mol. The molecule has 18 heavy (non-hydrogen) atoms. The van der Waals surface area contributed by atoms with Crippen LogP contribution in [-0.2, 0) is 14.3 Å². The van der Waals surface area contributed by atoms with Gasteiger partial charge in [0, 0.05) is 20.0 Å². The van der Waals surface area contributed by atoms with E-state index in [1.54, 1.807) is 11.9 Å². The van der Waals surface area contributed by atoms with Gasteiger partial charge in [-0.25, -0.2) is 0 Å². The second-order valence-electron chi connectivity index (χ2n) is 4.35. The second kappa shape index (κ2) is 10.1. The average Bonchev–Trinajstić information content (AvgIpc) is 2.35. The van der Waals surface area contributed by atoms with E-state index in [0.717, 1.165) is 6.42 Å². The highest BCUT2D eigenvalue weighted by Crippen LogP contribution is 2.08. The molecule has 0 aromatic carbocycles. The number of nitrogens with zero attached hydrogens (tertiary/aromatic N) is 1. The van der Waals surface area contributed by atoms with Crippen molar-refractivity contribution in [3.05, 3.63) is 0 Å². The third kappa shape index (κ3) is 6.81. The maximum absolute atomic E-state index is 11.9. The Kier molecular flexibility index (Phi) is 11.0. The summed E-state index contributed by atoms with van der Waals surface area (Å²) < 4.78 is 4.53. The highest BCUT2D eigenvalue weighted by atomic mass is 35.5. The van der Waals surface area contributed by atoms with Crippen LogP contribution in [0.5, 0.6) is 0 Å². The molecular formula is C12H25ClN2O3. The summed E-state index contributed by atoms with van der Waals surface area (Å²) in [5.74, 6) is -0.146. The monoisotopic (exact) mass is 280 g/mol. The lowest BCUT2D eigenvalue weighted by Gasteiger charge is -2.24. The number of likely N-dealkylation sites (N-methyl/N-ethyl adjacent to an activating group) is 1. The lowest BCUT2D eigenvalue weighted by atomic mass is 9.99. The van der Waals surface area contributed by atoms with Crippen molar-refractivity contribution in [2.75, 3.05) is 20.7 Å². The van der Waals surface area contributed by atoms with Crippen molar-refractivity contribution < 1.29 is 14.3 Å². The Balaban J connectivity index is 0. The van der Waals surface area contributed by atoms with Crippen LogP contribution in [0.1, 0.15) is 33.1 Å². The van der Waals surface area contributed by atoms with Gasteiger partial charge in [-0.15, -0.1) is 12.4 Å². The van der Waals surface area contributed by atoms with Gasteiger partial charge in [0.05, 0.1) is 13.2 Å². The second-order valence-corrected chi connectivity index (χ2v) is 4.35. The van der Waals surface area contributed by atoms with Crippen LogP contribution in [0, 0.1) is 5.92 Å². The van der Waals surface area contributed by atoms with Crippen LogP contribution in [0.3, 0.4) is 0 Å². The average molecular weight is 281 g/mol. The number of ether oxygens (including phenoxy) is 1. The van der Waals surface area contributed by atoms with E-state index in [0.29, 0.717) is 19.4 Å². The standard InChI is InChI=1S/C12H24N2O3.ClH/c1-5-9(2)11(13)12(16)14(3)8-6-7-10(15)17-4;/h9,11H,5-8,13H2,1-4H3;1H. The molecule has 0 aliphatic heterocycles. The van der Waals surface area contributed by atoms with Gasteiger partial charge in [-0.2, -0.15) is 0 Å².